The lowest BCUT2D eigenvalue weighted by Gasteiger charge is -2.22. The van der Waals surface area contributed by atoms with Gasteiger partial charge in [-0.05, 0) is 18.6 Å². The normalized spacial score (nSPS) is 16.4. The van der Waals surface area contributed by atoms with Gasteiger partial charge in [0.05, 0.1) is 5.69 Å². The van der Waals surface area contributed by atoms with Crippen LogP contribution in [0.15, 0.2) is 41.3 Å². The third kappa shape index (κ3) is 4.21. The second-order valence-corrected chi connectivity index (χ2v) is 7.57. The summed E-state index contributed by atoms with van der Waals surface area (Å²) in [6, 6.07) is 8.48. The number of hydrogen-bond donors (Lipinski definition) is 1. The molecule has 8 heteroatoms. The molecular weight excluding hydrogens is 376 g/mol. The highest BCUT2D eigenvalue weighted by Crippen LogP contribution is 2.37. The number of nitrogens with zero attached hydrogens (tertiary/aromatic N) is 1. The first-order valence-corrected chi connectivity index (χ1v) is 9.16. The van der Waals surface area contributed by atoms with Crippen molar-refractivity contribution in [3.8, 4) is 5.75 Å². The molecule has 1 unspecified atom stereocenters. The largest absolute Gasteiger partial charge is 0.507 e. The van der Waals surface area contributed by atoms with Crippen molar-refractivity contribution in [3.63, 3.8) is 0 Å². The molecule has 0 aliphatic carbocycles. The van der Waals surface area contributed by atoms with E-state index in [1.165, 1.54) is 4.90 Å². The summed E-state index contributed by atoms with van der Waals surface area (Å²) < 4.78 is 31.6. The highest BCUT2D eigenvalue weighted by molar-refractivity contribution is 8.00. The number of rotatable bonds is 3. The van der Waals surface area contributed by atoms with E-state index in [1.807, 2.05) is 24.3 Å². The first-order chi connectivity index (χ1) is 12.9. The van der Waals surface area contributed by atoms with Gasteiger partial charge in [-0.15, -0.1) is 11.8 Å². The average Bonchev–Trinajstić information content (AvgIpc) is 2.77. The second kappa shape index (κ2) is 7.96. The minimum absolute atomic E-state index is 0.316. The van der Waals surface area contributed by atoms with Gasteiger partial charge < -0.3 is 14.7 Å². The Hall–Kier alpha value is -2.61. The number of benzene rings is 2. The average molecular weight is 393 g/mol. The van der Waals surface area contributed by atoms with E-state index in [9.17, 15) is 23.5 Å². The van der Waals surface area contributed by atoms with Crippen molar-refractivity contribution in [2.24, 2.45) is 0 Å². The molecule has 1 aliphatic heterocycles. The number of hydrogen-bond acceptors (Lipinski definition) is 5. The lowest BCUT2D eigenvalue weighted by Crippen LogP contribution is -2.35. The summed E-state index contributed by atoms with van der Waals surface area (Å²) in [5, 5.41) is 9.89. The molecule has 0 saturated carbocycles. The fraction of sp³-hybridized carbons (Fsp3) is 0.263. The van der Waals surface area contributed by atoms with Crippen LogP contribution < -0.4 is 4.90 Å². The molecule has 1 amide bonds. The molecule has 27 heavy (non-hydrogen) atoms. The van der Waals surface area contributed by atoms with E-state index in [1.54, 1.807) is 11.8 Å². The first-order valence-electron chi connectivity index (χ1n) is 8.28. The van der Waals surface area contributed by atoms with Crippen molar-refractivity contribution in [1.82, 2.24) is 0 Å². The SMILES string of the molecule is CC1CCN(C(=O)COC(=O)c2c(O)cc(F)cc2F)c2ccccc2S1. The van der Waals surface area contributed by atoms with E-state index in [0.29, 0.717) is 23.9 Å². The summed E-state index contributed by atoms with van der Waals surface area (Å²) >= 11 is 1.66. The number of para-hydroxylation sites is 1. The Labute approximate surface area is 158 Å². The van der Waals surface area contributed by atoms with Crippen LogP contribution in [0, 0.1) is 11.6 Å². The second-order valence-electron chi connectivity index (χ2n) is 6.09. The van der Waals surface area contributed by atoms with E-state index in [0.717, 1.165) is 17.0 Å². The number of phenolic OH excluding ortho intramolecular Hbond substituents is 1. The minimum atomic E-state index is -1.25. The van der Waals surface area contributed by atoms with Crippen molar-refractivity contribution >= 4 is 29.3 Å². The van der Waals surface area contributed by atoms with Crippen LogP contribution in [0.2, 0.25) is 0 Å². The number of esters is 1. The van der Waals surface area contributed by atoms with Crippen LogP contribution in [0.4, 0.5) is 14.5 Å². The predicted octanol–water partition coefficient (Wildman–Crippen LogP) is 3.74. The molecule has 2 aromatic carbocycles. The Bertz CT molecular complexity index is 867. The summed E-state index contributed by atoms with van der Waals surface area (Å²) in [5.41, 5.74) is -0.0756. The zero-order valence-electron chi connectivity index (χ0n) is 14.4. The van der Waals surface area contributed by atoms with Crippen molar-refractivity contribution in [2.45, 2.75) is 23.5 Å². The molecule has 1 atom stereocenters. The smallest absolute Gasteiger partial charge is 0.345 e. The maximum absolute atomic E-state index is 13.7. The molecule has 0 bridgehead atoms. The van der Waals surface area contributed by atoms with Crippen molar-refractivity contribution in [3.05, 3.63) is 53.6 Å². The molecule has 1 aliphatic rings. The summed E-state index contributed by atoms with van der Waals surface area (Å²) in [7, 11) is 0. The molecular formula is C19H17F2NO4S. The molecule has 3 rings (SSSR count). The molecule has 142 valence electrons. The quantitative estimate of drug-likeness (QED) is 0.805. The van der Waals surface area contributed by atoms with Gasteiger partial charge in [0.25, 0.3) is 5.91 Å². The number of thioether (sulfide) groups is 1. The minimum Gasteiger partial charge on any atom is -0.507 e. The Morgan fingerprint density at radius 2 is 2.04 bits per heavy atom. The fourth-order valence-electron chi connectivity index (χ4n) is 2.79. The molecule has 0 aromatic heterocycles. The number of amides is 1. The number of phenols is 1. The molecule has 0 fully saturated rings. The van der Waals surface area contributed by atoms with Crippen LogP contribution in [0.5, 0.6) is 5.75 Å². The maximum atomic E-state index is 13.7. The number of aromatic hydroxyl groups is 1. The molecule has 0 radical (unpaired) electrons. The molecule has 1 heterocycles. The van der Waals surface area contributed by atoms with Gasteiger partial charge in [-0.25, -0.2) is 13.6 Å². The van der Waals surface area contributed by atoms with E-state index in [2.05, 4.69) is 6.92 Å². The Morgan fingerprint density at radius 1 is 1.30 bits per heavy atom. The van der Waals surface area contributed by atoms with Gasteiger partial charge in [-0.3, -0.25) is 4.79 Å². The van der Waals surface area contributed by atoms with E-state index in [4.69, 9.17) is 4.74 Å². The zero-order valence-corrected chi connectivity index (χ0v) is 15.3. The third-order valence-electron chi connectivity index (χ3n) is 4.11. The molecule has 0 spiro atoms. The van der Waals surface area contributed by atoms with Crippen LogP contribution in [0.3, 0.4) is 0 Å². The topological polar surface area (TPSA) is 66.8 Å². The number of fused-ring (bicyclic) bond motifs is 1. The molecule has 2 aromatic rings. The van der Waals surface area contributed by atoms with Gasteiger partial charge in [0.1, 0.15) is 22.9 Å². The van der Waals surface area contributed by atoms with Gasteiger partial charge in [0.2, 0.25) is 0 Å². The van der Waals surface area contributed by atoms with E-state index in [-0.39, 0.29) is 0 Å². The fourth-order valence-corrected chi connectivity index (χ4v) is 3.90. The highest BCUT2D eigenvalue weighted by Gasteiger charge is 2.26. The van der Waals surface area contributed by atoms with Gasteiger partial charge in [0.15, 0.2) is 6.61 Å². The van der Waals surface area contributed by atoms with Crippen LogP contribution >= 0.6 is 11.8 Å². The Morgan fingerprint density at radius 3 is 2.78 bits per heavy atom. The van der Waals surface area contributed by atoms with Gasteiger partial charge in [-0.2, -0.15) is 0 Å². The van der Waals surface area contributed by atoms with Crippen LogP contribution in [0.25, 0.3) is 0 Å². The standard InChI is InChI=1S/C19H17F2NO4S/c1-11-6-7-22(14-4-2-3-5-16(14)27-11)17(24)10-26-19(25)18-13(21)8-12(20)9-15(18)23/h2-5,8-9,11,23H,6-7,10H2,1H3. The lowest BCUT2D eigenvalue weighted by atomic mass is 10.2. The van der Waals surface area contributed by atoms with Gasteiger partial charge >= 0.3 is 5.97 Å². The predicted molar refractivity (Wildman–Crippen MR) is 97.0 cm³/mol. The number of anilines is 1. The first kappa shape index (κ1) is 19.2. The molecule has 1 N–H and O–H groups in total. The highest BCUT2D eigenvalue weighted by atomic mass is 32.2. The number of halogens is 2. The summed E-state index contributed by atoms with van der Waals surface area (Å²) in [4.78, 5) is 27.1. The summed E-state index contributed by atoms with van der Waals surface area (Å²) in [5.74, 6) is -4.85. The zero-order chi connectivity index (χ0) is 19.6. The summed E-state index contributed by atoms with van der Waals surface area (Å²) in [6.07, 6.45) is 0.756. The van der Waals surface area contributed by atoms with Crippen molar-refractivity contribution in [2.75, 3.05) is 18.1 Å². The van der Waals surface area contributed by atoms with Gasteiger partial charge in [0, 0.05) is 28.8 Å². The lowest BCUT2D eigenvalue weighted by molar-refractivity contribution is -0.121. The number of ether oxygens (including phenoxy) is 1. The monoisotopic (exact) mass is 393 g/mol. The number of carbonyl (C=O) groups is 2. The molecule has 0 saturated heterocycles. The van der Waals surface area contributed by atoms with Crippen LogP contribution in [-0.2, 0) is 9.53 Å². The van der Waals surface area contributed by atoms with Crippen LogP contribution in [0.1, 0.15) is 23.7 Å². The van der Waals surface area contributed by atoms with Crippen LogP contribution in [-0.4, -0.2) is 35.4 Å². The van der Waals surface area contributed by atoms with E-state index < -0.39 is 41.4 Å². The Kier molecular flexibility index (Phi) is 5.65. The van der Waals surface area contributed by atoms with Crippen molar-refractivity contribution < 1.29 is 28.2 Å². The maximum Gasteiger partial charge on any atom is 0.345 e. The van der Waals surface area contributed by atoms with Crippen molar-refractivity contribution in [1.29, 1.82) is 0 Å². The van der Waals surface area contributed by atoms with Gasteiger partial charge in [-0.1, -0.05) is 19.1 Å². The summed E-state index contributed by atoms with van der Waals surface area (Å²) in [6.45, 7) is 1.90. The van der Waals surface area contributed by atoms with E-state index >= 15 is 0 Å². The Balaban J connectivity index is 1.74. The number of carbonyl (C=O) groups excluding carboxylic acids is 2. The third-order valence-corrected chi connectivity index (χ3v) is 5.35. The molecule has 5 nitrogen and oxygen atoms in total.